The Morgan fingerprint density at radius 3 is 2.72 bits per heavy atom. The maximum absolute atomic E-state index is 4.35. The lowest BCUT2D eigenvalue weighted by Gasteiger charge is -2.19. The maximum atomic E-state index is 4.35. The molecule has 2 atom stereocenters. The molecule has 0 saturated heterocycles. The second-order valence-corrected chi connectivity index (χ2v) is 5.55. The number of aromatic nitrogens is 1. The fraction of sp³-hybridized carbons (Fsp3) is 0.400. The Morgan fingerprint density at radius 1 is 1.28 bits per heavy atom. The molecule has 1 aromatic carbocycles. The van der Waals surface area contributed by atoms with E-state index in [1.54, 1.807) is 11.3 Å². The second-order valence-electron chi connectivity index (χ2n) is 4.83. The Bertz CT molecular complexity index is 479. The van der Waals surface area contributed by atoms with Gasteiger partial charge in [-0.05, 0) is 38.3 Å². The summed E-state index contributed by atoms with van der Waals surface area (Å²) in [5.41, 5.74) is 5.81. The number of aryl methyl sites for hydroxylation is 1. The molecular weight excluding hydrogens is 240 g/mol. The third-order valence-electron chi connectivity index (χ3n) is 3.22. The van der Waals surface area contributed by atoms with Gasteiger partial charge in [0.2, 0.25) is 0 Å². The Hall–Kier alpha value is -1.19. The smallest absolute Gasteiger partial charge is 0.0795 e. The minimum Gasteiger partial charge on any atom is -0.306 e. The Labute approximate surface area is 113 Å². The Kier molecular flexibility index (Phi) is 4.50. The molecule has 0 aliphatic carbocycles. The molecule has 2 aromatic rings. The van der Waals surface area contributed by atoms with Crippen molar-refractivity contribution in [1.29, 1.82) is 0 Å². The number of benzene rings is 1. The number of nitrogens with zero attached hydrogens (tertiary/aromatic N) is 1. The summed E-state index contributed by atoms with van der Waals surface area (Å²) < 4.78 is 0. The van der Waals surface area contributed by atoms with E-state index in [0.29, 0.717) is 12.1 Å². The van der Waals surface area contributed by atoms with Crippen LogP contribution in [0.3, 0.4) is 0 Å². The van der Waals surface area contributed by atoms with Crippen LogP contribution < -0.4 is 5.32 Å². The van der Waals surface area contributed by atoms with E-state index in [2.05, 4.69) is 60.7 Å². The minimum absolute atomic E-state index is 0.315. The summed E-state index contributed by atoms with van der Waals surface area (Å²) in [5.74, 6) is 0. The van der Waals surface area contributed by atoms with E-state index in [4.69, 9.17) is 0 Å². The van der Waals surface area contributed by atoms with Gasteiger partial charge in [0.15, 0.2) is 0 Å². The van der Waals surface area contributed by atoms with Crippen molar-refractivity contribution >= 4 is 11.3 Å². The fourth-order valence-electron chi connectivity index (χ4n) is 2.18. The summed E-state index contributed by atoms with van der Waals surface area (Å²) in [4.78, 5) is 4.35. The highest BCUT2D eigenvalue weighted by Gasteiger charge is 2.11. The van der Waals surface area contributed by atoms with E-state index < -0.39 is 0 Å². The van der Waals surface area contributed by atoms with Gasteiger partial charge in [-0.3, -0.25) is 0 Å². The van der Waals surface area contributed by atoms with Gasteiger partial charge >= 0.3 is 0 Å². The number of thiazole rings is 1. The van der Waals surface area contributed by atoms with Crippen molar-refractivity contribution in [2.24, 2.45) is 0 Å². The molecule has 1 aromatic heterocycles. The molecule has 2 rings (SSSR count). The summed E-state index contributed by atoms with van der Waals surface area (Å²) >= 11 is 1.65. The first-order chi connectivity index (χ1) is 8.66. The van der Waals surface area contributed by atoms with Crippen molar-refractivity contribution in [3.63, 3.8) is 0 Å². The third-order valence-corrected chi connectivity index (χ3v) is 3.82. The average Bonchev–Trinajstić information content (AvgIpc) is 2.85. The van der Waals surface area contributed by atoms with Gasteiger partial charge in [0.05, 0.1) is 11.2 Å². The summed E-state index contributed by atoms with van der Waals surface area (Å²) in [7, 11) is 0. The first-order valence-corrected chi connectivity index (χ1v) is 7.29. The van der Waals surface area contributed by atoms with Crippen molar-refractivity contribution in [1.82, 2.24) is 10.3 Å². The zero-order valence-corrected chi connectivity index (χ0v) is 12.0. The molecular formula is C15H20N2S. The van der Waals surface area contributed by atoms with Crippen molar-refractivity contribution in [2.45, 2.75) is 39.3 Å². The monoisotopic (exact) mass is 260 g/mol. The SMILES string of the molecule is Cc1ccccc1CC(C)NC(C)c1cscn1. The van der Waals surface area contributed by atoms with Crippen LogP contribution in [0.1, 0.15) is 36.7 Å². The van der Waals surface area contributed by atoms with Crippen LogP contribution in [0, 0.1) is 6.92 Å². The molecule has 2 nitrogen and oxygen atoms in total. The van der Waals surface area contributed by atoms with Crippen LogP contribution in [0.2, 0.25) is 0 Å². The van der Waals surface area contributed by atoms with Gasteiger partial charge in [0.25, 0.3) is 0 Å². The van der Waals surface area contributed by atoms with E-state index in [1.807, 2.05) is 5.51 Å². The summed E-state index contributed by atoms with van der Waals surface area (Å²) in [6, 6.07) is 9.35. The molecule has 2 unspecified atom stereocenters. The normalized spacial score (nSPS) is 14.4. The highest BCUT2D eigenvalue weighted by atomic mass is 32.1. The van der Waals surface area contributed by atoms with E-state index in [9.17, 15) is 0 Å². The van der Waals surface area contributed by atoms with Crippen LogP contribution in [-0.2, 0) is 6.42 Å². The third kappa shape index (κ3) is 3.40. The topological polar surface area (TPSA) is 24.9 Å². The van der Waals surface area contributed by atoms with Gasteiger partial charge in [-0.25, -0.2) is 4.98 Å². The maximum Gasteiger partial charge on any atom is 0.0795 e. The predicted octanol–water partition coefficient (Wildman–Crippen LogP) is 3.73. The summed E-state index contributed by atoms with van der Waals surface area (Å²) in [5, 5.41) is 5.71. The lowest BCUT2D eigenvalue weighted by molar-refractivity contribution is 0.471. The van der Waals surface area contributed by atoms with Crippen molar-refractivity contribution < 1.29 is 0 Å². The molecule has 0 fully saturated rings. The average molecular weight is 260 g/mol. The zero-order chi connectivity index (χ0) is 13.0. The van der Waals surface area contributed by atoms with E-state index in [0.717, 1.165) is 12.1 Å². The lowest BCUT2D eigenvalue weighted by Crippen LogP contribution is -2.31. The molecule has 0 bridgehead atoms. The molecule has 0 saturated carbocycles. The number of nitrogens with one attached hydrogen (secondary N) is 1. The molecule has 96 valence electrons. The van der Waals surface area contributed by atoms with Crippen LogP contribution in [0.25, 0.3) is 0 Å². The van der Waals surface area contributed by atoms with Crippen LogP contribution in [0.15, 0.2) is 35.2 Å². The van der Waals surface area contributed by atoms with Crippen LogP contribution in [0.4, 0.5) is 0 Å². The van der Waals surface area contributed by atoms with Crippen molar-refractivity contribution in [3.05, 3.63) is 52.0 Å². The standard InChI is InChI=1S/C15H20N2S/c1-11-6-4-5-7-14(11)8-12(2)17-13(3)15-9-18-10-16-15/h4-7,9-10,12-13,17H,8H2,1-3H3. The van der Waals surface area contributed by atoms with Crippen molar-refractivity contribution in [3.8, 4) is 0 Å². The van der Waals surface area contributed by atoms with Gasteiger partial charge < -0.3 is 5.32 Å². The van der Waals surface area contributed by atoms with Crippen LogP contribution >= 0.6 is 11.3 Å². The molecule has 18 heavy (non-hydrogen) atoms. The van der Waals surface area contributed by atoms with E-state index in [1.165, 1.54) is 11.1 Å². The van der Waals surface area contributed by atoms with E-state index >= 15 is 0 Å². The largest absolute Gasteiger partial charge is 0.306 e. The summed E-state index contributed by atoms with van der Waals surface area (Å²) in [6.07, 6.45) is 1.06. The highest BCUT2D eigenvalue weighted by Crippen LogP contribution is 2.15. The van der Waals surface area contributed by atoms with Crippen LogP contribution in [-0.4, -0.2) is 11.0 Å². The molecule has 0 aliphatic heterocycles. The van der Waals surface area contributed by atoms with E-state index in [-0.39, 0.29) is 0 Å². The molecule has 0 aliphatic rings. The first kappa shape index (κ1) is 13.2. The quantitative estimate of drug-likeness (QED) is 0.886. The molecule has 1 heterocycles. The minimum atomic E-state index is 0.315. The molecule has 0 spiro atoms. The number of hydrogen-bond donors (Lipinski definition) is 1. The van der Waals surface area contributed by atoms with Gasteiger partial charge in [0, 0.05) is 17.5 Å². The Morgan fingerprint density at radius 2 is 2.06 bits per heavy atom. The number of rotatable bonds is 5. The second kappa shape index (κ2) is 6.12. The Balaban J connectivity index is 1.93. The molecule has 0 amide bonds. The van der Waals surface area contributed by atoms with Gasteiger partial charge in [-0.1, -0.05) is 24.3 Å². The number of hydrogen-bond acceptors (Lipinski definition) is 3. The van der Waals surface area contributed by atoms with Crippen LogP contribution in [0.5, 0.6) is 0 Å². The van der Waals surface area contributed by atoms with Crippen molar-refractivity contribution in [2.75, 3.05) is 0 Å². The first-order valence-electron chi connectivity index (χ1n) is 6.35. The highest BCUT2D eigenvalue weighted by molar-refractivity contribution is 7.07. The van der Waals surface area contributed by atoms with Gasteiger partial charge in [-0.2, -0.15) is 0 Å². The van der Waals surface area contributed by atoms with Gasteiger partial charge in [0.1, 0.15) is 0 Å². The fourth-order valence-corrected chi connectivity index (χ4v) is 2.82. The summed E-state index contributed by atoms with van der Waals surface area (Å²) in [6.45, 7) is 6.57. The molecule has 3 heteroatoms. The van der Waals surface area contributed by atoms with Gasteiger partial charge in [-0.15, -0.1) is 11.3 Å². The zero-order valence-electron chi connectivity index (χ0n) is 11.2. The molecule has 1 N–H and O–H groups in total. The lowest BCUT2D eigenvalue weighted by atomic mass is 10.0. The predicted molar refractivity (Wildman–Crippen MR) is 78.0 cm³/mol. The molecule has 0 radical (unpaired) electrons.